The summed E-state index contributed by atoms with van der Waals surface area (Å²) in [5, 5.41) is 3.57. The first-order valence-corrected chi connectivity index (χ1v) is 6.38. The number of rotatable bonds is 3. The van der Waals surface area contributed by atoms with Gasteiger partial charge in [-0.3, -0.25) is 0 Å². The highest BCUT2D eigenvalue weighted by Gasteiger charge is 2.06. The van der Waals surface area contributed by atoms with Crippen molar-refractivity contribution < 1.29 is 4.79 Å². The Bertz CT molecular complexity index is 327. The van der Waals surface area contributed by atoms with Crippen molar-refractivity contribution in [2.24, 2.45) is 0 Å². The fraction of sp³-hybridized carbons (Fsp3) is 0.300. The van der Waals surface area contributed by atoms with Crippen molar-refractivity contribution in [1.82, 2.24) is 4.90 Å². The molecule has 82 valence electrons. The number of nitrogens with zero attached hydrogens (tertiary/aromatic N) is 1. The minimum atomic E-state index is -0.100. The van der Waals surface area contributed by atoms with Crippen LogP contribution in [0, 0.1) is 0 Å². The van der Waals surface area contributed by atoms with E-state index in [1.54, 1.807) is 11.9 Å². The number of carbonyl (C=O) groups is 1. The van der Waals surface area contributed by atoms with Crippen LogP contribution < -0.4 is 5.32 Å². The molecule has 3 nitrogen and oxygen atoms in total. The molecule has 1 aromatic rings. The summed E-state index contributed by atoms with van der Waals surface area (Å²) in [6.07, 6.45) is 0. The molecule has 0 spiro atoms. The Morgan fingerprint density at radius 3 is 2.53 bits per heavy atom. The van der Waals surface area contributed by atoms with Crippen LogP contribution in [-0.2, 0) is 0 Å². The highest BCUT2D eigenvalue weighted by molar-refractivity contribution is 9.10. The van der Waals surface area contributed by atoms with Gasteiger partial charge in [-0.15, -0.1) is 0 Å². The van der Waals surface area contributed by atoms with Crippen LogP contribution in [0.15, 0.2) is 28.7 Å². The lowest BCUT2D eigenvalue weighted by Crippen LogP contribution is -2.32. The monoisotopic (exact) mass is 334 g/mol. The summed E-state index contributed by atoms with van der Waals surface area (Å²) in [5.74, 6) is 0. The van der Waals surface area contributed by atoms with Crippen molar-refractivity contribution in [3.63, 3.8) is 0 Å². The zero-order chi connectivity index (χ0) is 11.3. The summed E-state index contributed by atoms with van der Waals surface area (Å²) in [4.78, 5) is 13.2. The van der Waals surface area contributed by atoms with E-state index < -0.39 is 0 Å². The molecule has 0 saturated carbocycles. The molecule has 1 N–H and O–H groups in total. The van der Waals surface area contributed by atoms with Crippen molar-refractivity contribution in [2.75, 3.05) is 24.2 Å². The lowest BCUT2D eigenvalue weighted by molar-refractivity contribution is 0.225. The third kappa shape index (κ3) is 4.22. The molecule has 0 atom stereocenters. The number of halogens is 2. The van der Waals surface area contributed by atoms with Gasteiger partial charge >= 0.3 is 6.03 Å². The van der Waals surface area contributed by atoms with E-state index in [2.05, 4.69) is 37.2 Å². The van der Waals surface area contributed by atoms with E-state index >= 15 is 0 Å². The Balaban J connectivity index is 2.54. The predicted molar refractivity (Wildman–Crippen MR) is 69.6 cm³/mol. The third-order valence-corrected chi connectivity index (χ3v) is 2.75. The first-order chi connectivity index (χ1) is 7.13. The standard InChI is InChI=1S/C10H12Br2N2O/c1-14(7-6-11)10(15)13-9-4-2-8(12)3-5-9/h2-5H,6-7H2,1H3,(H,13,15). The van der Waals surface area contributed by atoms with Gasteiger partial charge in [-0.25, -0.2) is 4.79 Å². The van der Waals surface area contributed by atoms with Gasteiger partial charge < -0.3 is 10.2 Å². The second kappa shape index (κ2) is 6.12. The second-order valence-electron chi connectivity index (χ2n) is 3.05. The van der Waals surface area contributed by atoms with Gasteiger partial charge in [0, 0.05) is 29.1 Å². The van der Waals surface area contributed by atoms with Crippen LogP contribution in [-0.4, -0.2) is 29.9 Å². The van der Waals surface area contributed by atoms with Gasteiger partial charge in [-0.05, 0) is 24.3 Å². The van der Waals surface area contributed by atoms with E-state index in [0.29, 0.717) is 6.54 Å². The van der Waals surface area contributed by atoms with Crippen LogP contribution in [0.1, 0.15) is 0 Å². The molecule has 0 heterocycles. The average Bonchev–Trinajstić information content (AvgIpc) is 2.22. The van der Waals surface area contributed by atoms with Gasteiger partial charge in [0.1, 0.15) is 0 Å². The van der Waals surface area contributed by atoms with Gasteiger partial charge in [-0.2, -0.15) is 0 Å². The smallest absolute Gasteiger partial charge is 0.321 e. The number of urea groups is 1. The van der Waals surface area contributed by atoms with Gasteiger partial charge in [0.2, 0.25) is 0 Å². The molecule has 2 amide bonds. The van der Waals surface area contributed by atoms with Crippen LogP contribution in [0.2, 0.25) is 0 Å². The summed E-state index contributed by atoms with van der Waals surface area (Å²) in [6.45, 7) is 0.683. The molecule has 1 rings (SSSR count). The normalized spacial score (nSPS) is 9.80. The van der Waals surface area contributed by atoms with Crippen LogP contribution in [0.5, 0.6) is 0 Å². The Kier molecular flexibility index (Phi) is 5.11. The van der Waals surface area contributed by atoms with Crippen molar-refractivity contribution in [1.29, 1.82) is 0 Å². The number of alkyl halides is 1. The summed E-state index contributed by atoms with van der Waals surface area (Å²) in [5.41, 5.74) is 0.796. The molecule has 15 heavy (non-hydrogen) atoms. The summed E-state index contributed by atoms with van der Waals surface area (Å²) in [6, 6.07) is 7.38. The molecule has 5 heteroatoms. The Hall–Kier alpha value is -0.550. The van der Waals surface area contributed by atoms with Crippen molar-refractivity contribution in [2.45, 2.75) is 0 Å². The van der Waals surface area contributed by atoms with Crippen molar-refractivity contribution in [3.8, 4) is 0 Å². The molecule has 0 aromatic heterocycles. The molecule has 0 unspecified atom stereocenters. The molecule has 0 aliphatic heterocycles. The minimum absolute atomic E-state index is 0.100. The summed E-state index contributed by atoms with van der Waals surface area (Å²) in [7, 11) is 1.76. The molecule has 0 bridgehead atoms. The number of anilines is 1. The number of amides is 2. The third-order valence-electron chi connectivity index (χ3n) is 1.86. The SMILES string of the molecule is CN(CCBr)C(=O)Nc1ccc(Br)cc1. The van der Waals surface area contributed by atoms with Gasteiger partial charge in [0.15, 0.2) is 0 Å². The predicted octanol–water partition coefficient (Wildman–Crippen LogP) is 3.31. The van der Waals surface area contributed by atoms with Crippen LogP contribution in [0.4, 0.5) is 10.5 Å². The van der Waals surface area contributed by atoms with Crippen molar-refractivity contribution in [3.05, 3.63) is 28.7 Å². The van der Waals surface area contributed by atoms with Gasteiger partial charge in [0.05, 0.1) is 0 Å². The fourth-order valence-electron chi connectivity index (χ4n) is 0.980. The van der Waals surface area contributed by atoms with E-state index in [4.69, 9.17) is 0 Å². The maximum Gasteiger partial charge on any atom is 0.321 e. The number of hydrogen-bond acceptors (Lipinski definition) is 1. The van der Waals surface area contributed by atoms with E-state index in [9.17, 15) is 4.79 Å². The molecular weight excluding hydrogens is 324 g/mol. The van der Waals surface area contributed by atoms with E-state index in [0.717, 1.165) is 15.5 Å². The highest BCUT2D eigenvalue weighted by atomic mass is 79.9. The second-order valence-corrected chi connectivity index (χ2v) is 4.76. The van der Waals surface area contributed by atoms with Crippen LogP contribution >= 0.6 is 31.9 Å². The van der Waals surface area contributed by atoms with Gasteiger partial charge in [-0.1, -0.05) is 31.9 Å². The van der Waals surface area contributed by atoms with E-state index in [1.807, 2.05) is 24.3 Å². The molecule has 0 saturated heterocycles. The zero-order valence-electron chi connectivity index (χ0n) is 8.34. The van der Waals surface area contributed by atoms with Crippen LogP contribution in [0.25, 0.3) is 0 Å². The first kappa shape index (κ1) is 12.5. The fourth-order valence-corrected chi connectivity index (χ4v) is 1.78. The number of benzene rings is 1. The van der Waals surface area contributed by atoms with Crippen LogP contribution in [0.3, 0.4) is 0 Å². The minimum Gasteiger partial charge on any atom is -0.327 e. The largest absolute Gasteiger partial charge is 0.327 e. The quantitative estimate of drug-likeness (QED) is 0.844. The number of hydrogen-bond donors (Lipinski definition) is 1. The lowest BCUT2D eigenvalue weighted by atomic mass is 10.3. The number of nitrogens with one attached hydrogen (secondary N) is 1. The molecule has 1 aromatic carbocycles. The lowest BCUT2D eigenvalue weighted by Gasteiger charge is -2.16. The highest BCUT2D eigenvalue weighted by Crippen LogP contribution is 2.14. The first-order valence-electron chi connectivity index (χ1n) is 4.47. The van der Waals surface area contributed by atoms with E-state index in [-0.39, 0.29) is 6.03 Å². The Labute approximate surface area is 106 Å². The molecule has 0 aliphatic carbocycles. The molecule has 0 aliphatic rings. The average molecular weight is 336 g/mol. The maximum absolute atomic E-state index is 11.6. The zero-order valence-corrected chi connectivity index (χ0v) is 11.5. The van der Waals surface area contributed by atoms with Gasteiger partial charge in [0.25, 0.3) is 0 Å². The maximum atomic E-state index is 11.6. The molecular formula is C10H12Br2N2O. The van der Waals surface area contributed by atoms with Crippen molar-refractivity contribution >= 4 is 43.6 Å². The number of carbonyl (C=O) groups excluding carboxylic acids is 1. The summed E-state index contributed by atoms with van der Waals surface area (Å²) >= 11 is 6.62. The Morgan fingerprint density at radius 2 is 2.00 bits per heavy atom. The summed E-state index contributed by atoms with van der Waals surface area (Å²) < 4.78 is 0.995. The Morgan fingerprint density at radius 1 is 1.40 bits per heavy atom. The molecule has 0 radical (unpaired) electrons. The topological polar surface area (TPSA) is 32.3 Å². The van der Waals surface area contributed by atoms with E-state index in [1.165, 1.54) is 0 Å². The molecule has 0 fully saturated rings.